The molecule has 3 heteroatoms. The fraction of sp³-hybridized carbons (Fsp3) is 0.611. The number of piperidine rings is 1. The van der Waals surface area contributed by atoms with E-state index in [9.17, 15) is 4.79 Å². The average molecular weight is 286 g/mol. The molecule has 2 fully saturated rings. The van der Waals surface area contributed by atoms with Crippen molar-refractivity contribution in [3.05, 3.63) is 35.9 Å². The number of nitrogens with one attached hydrogen (secondary N) is 2. The van der Waals surface area contributed by atoms with Crippen molar-refractivity contribution in [3.63, 3.8) is 0 Å². The van der Waals surface area contributed by atoms with Gasteiger partial charge in [-0.05, 0) is 43.8 Å². The van der Waals surface area contributed by atoms with Crippen molar-refractivity contribution in [2.45, 2.75) is 50.5 Å². The van der Waals surface area contributed by atoms with E-state index in [2.05, 4.69) is 41.8 Å². The second kappa shape index (κ2) is 6.18. The number of hydrogen-bond donors (Lipinski definition) is 2. The lowest BCUT2D eigenvalue weighted by atomic mass is 9.77. The number of benzene rings is 1. The Labute approximate surface area is 127 Å². The van der Waals surface area contributed by atoms with Crippen LogP contribution in [0.1, 0.15) is 44.6 Å². The first-order valence-electron chi connectivity index (χ1n) is 8.29. The molecule has 3 rings (SSSR count). The molecule has 1 aromatic carbocycles. The zero-order valence-corrected chi connectivity index (χ0v) is 12.9. The molecule has 1 amide bonds. The van der Waals surface area contributed by atoms with Gasteiger partial charge in [-0.2, -0.15) is 0 Å². The number of carbonyl (C=O) groups is 1. The Morgan fingerprint density at radius 3 is 2.62 bits per heavy atom. The lowest BCUT2D eigenvalue weighted by Gasteiger charge is -2.35. The van der Waals surface area contributed by atoms with Crippen LogP contribution in [0.4, 0.5) is 0 Å². The monoisotopic (exact) mass is 286 g/mol. The van der Waals surface area contributed by atoms with Gasteiger partial charge in [-0.1, -0.05) is 50.1 Å². The second-order valence-electron chi connectivity index (χ2n) is 6.71. The van der Waals surface area contributed by atoms with E-state index in [1.165, 1.54) is 5.56 Å². The van der Waals surface area contributed by atoms with Gasteiger partial charge in [0.1, 0.15) is 0 Å². The van der Waals surface area contributed by atoms with Crippen molar-refractivity contribution in [1.29, 1.82) is 0 Å². The van der Waals surface area contributed by atoms with Crippen LogP contribution in [0.3, 0.4) is 0 Å². The van der Waals surface area contributed by atoms with E-state index in [-0.39, 0.29) is 11.3 Å². The van der Waals surface area contributed by atoms with Crippen molar-refractivity contribution < 1.29 is 4.79 Å². The second-order valence-corrected chi connectivity index (χ2v) is 6.71. The molecule has 2 atom stereocenters. The first kappa shape index (κ1) is 14.6. The molecule has 0 bridgehead atoms. The molecule has 1 aromatic rings. The number of rotatable bonds is 3. The molecule has 3 nitrogen and oxygen atoms in total. The lowest BCUT2D eigenvalue weighted by molar-refractivity contribution is -0.127. The van der Waals surface area contributed by atoms with Crippen LogP contribution in [0, 0.1) is 5.92 Å². The predicted octanol–water partition coefficient (Wildman–Crippen LogP) is 2.61. The Kier molecular flexibility index (Phi) is 4.29. The van der Waals surface area contributed by atoms with Gasteiger partial charge < -0.3 is 10.6 Å². The van der Waals surface area contributed by atoms with Crippen LogP contribution in [-0.2, 0) is 10.2 Å². The number of carbonyl (C=O) groups excluding carboxylic acids is 1. The van der Waals surface area contributed by atoms with Crippen molar-refractivity contribution in [1.82, 2.24) is 10.6 Å². The number of amides is 1. The van der Waals surface area contributed by atoms with Crippen molar-refractivity contribution in [2.75, 3.05) is 13.1 Å². The van der Waals surface area contributed by atoms with Gasteiger partial charge in [-0.15, -0.1) is 0 Å². The lowest BCUT2D eigenvalue weighted by Crippen LogP contribution is -2.53. The van der Waals surface area contributed by atoms with Gasteiger partial charge in [0.25, 0.3) is 0 Å². The molecule has 1 aliphatic carbocycles. The zero-order valence-electron chi connectivity index (χ0n) is 12.9. The fourth-order valence-corrected chi connectivity index (χ4v) is 3.92. The quantitative estimate of drug-likeness (QED) is 0.897. The van der Waals surface area contributed by atoms with Crippen LogP contribution >= 0.6 is 0 Å². The van der Waals surface area contributed by atoms with Crippen LogP contribution < -0.4 is 10.6 Å². The molecule has 1 heterocycles. The molecule has 2 unspecified atom stereocenters. The maximum atomic E-state index is 13.0. The van der Waals surface area contributed by atoms with Gasteiger partial charge in [0.2, 0.25) is 5.91 Å². The van der Waals surface area contributed by atoms with Crippen molar-refractivity contribution in [2.24, 2.45) is 5.92 Å². The van der Waals surface area contributed by atoms with Gasteiger partial charge in [0.15, 0.2) is 0 Å². The average Bonchev–Trinajstić information content (AvgIpc) is 3.01. The molecule has 114 valence electrons. The highest BCUT2D eigenvalue weighted by Crippen LogP contribution is 2.41. The summed E-state index contributed by atoms with van der Waals surface area (Å²) in [4.78, 5) is 13.0. The van der Waals surface area contributed by atoms with Crippen LogP contribution in [0.25, 0.3) is 0 Å². The third-order valence-electron chi connectivity index (χ3n) is 5.32. The summed E-state index contributed by atoms with van der Waals surface area (Å²) in [6.45, 7) is 4.23. The third-order valence-corrected chi connectivity index (χ3v) is 5.32. The Morgan fingerprint density at radius 2 is 1.95 bits per heavy atom. The van der Waals surface area contributed by atoms with Crippen LogP contribution in [0.2, 0.25) is 0 Å². The highest BCUT2D eigenvalue weighted by atomic mass is 16.2. The molecule has 0 aromatic heterocycles. The molecule has 1 saturated carbocycles. The highest BCUT2D eigenvalue weighted by molar-refractivity contribution is 5.88. The van der Waals surface area contributed by atoms with Gasteiger partial charge in [-0.25, -0.2) is 0 Å². The molecular formula is C18H26N2O. The standard InChI is InChI=1S/C18H26N2O/c1-14-13-19-12-9-16(14)20-17(21)18(10-5-6-11-18)15-7-3-2-4-8-15/h2-4,7-8,14,16,19H,5-6,9-13H2,1H3,(H,20,21). The maximum absolute atomic E-state index is 13.0. The summed E-state index contributed by atoms with van der Waals surface area (Å²) >= 11 is 0. The molecule has 0 spiro atoms. The molecule has 2 N–H and O–H groups in total. The van der Waals surface area contributed by atoms with Gasteiger partial charge >= 0.3 is 0 Å². The summed E-state index contributed by atoms with van der Waals surface area (Å²) in [5.41, 5.74) is 0.910. The Bertz CT molecular complexity index is 479. The van der Waals surface area contributed by atoms with Gasteiger partial charge in [0, 0.05) is 6.04 Å². The summed E-state index contributed by atoms with van der Waals surface area (Å²) in [6.07, 6.45) is 5.33. The summed E-state index contributed by atoms with van der Waals surface area (Å²) in [5, 5.41) is 6.77. The molecule has 2 aliphatic rings. The largest absolute Gasteiger partial charge is 0.352 e. The third kappa shape index (κ3) is 2.84. The summed E-state index contributed by atoms with van der Waals surface area (Å²) in [6, 6.07) is 10.7. The fourth-order valence-electron chi connectivity index (χ4n) is 3.92. The predicted molar refractivity (Wildman–Crippen MR) is 85.2 cm³/mol. The topological polar surface area (TPSA) is 41.1 Å². The minimum absolute atomic E-state index is 0.255. The molecule has 0 radical (unpaired) electrons. The summed E-state index contributed by atoms with van der Waals surface area (Å²) in [7, 11) is 0. The van der Waals surface area contributed by atoms with Crippen molar-refractivity contribution >= 4 is 5.91 Å². The molecule has 1 aliphatic heterocycles. The number of hydrogen-bond acceptors (Lipinski definition) is 2. The van der Waals surface area contributed by atoms with E-state index in [1.807, 2.05) is 6.07 Å². The van der Waals surface area contributed by atoms with Crippen LogP contribution in [0.15, 0.2) is 30.3 Å². The van der Waals surface area contributed by atoms with E-state index < -0.39 is 0 Å². The van der Waals surface area contributed by atoms with E-state index in [1.54, 1.807) is 0 Å². The van der Waals surface area contributed by atoms with E-state index in [0.717, 1.165) is 45.2 Å². The van der Waals surface area contributed by atoms with Crippen LogP contribution in [-0.4, -0.2) is 25.0 Å². The molecule has 1 saturated heterocycles. The zero-order chi connectivity index (χ0) is 14.7. The molecular weight excluding hydrogens is 260 g/mol. The molecule has 21 heavy (non-hydrogen) atoms. The summed E-state index contributed by atoms with van der Waals surface area (Å²) in [5.74, 6) is 0.766. The Morgan fingerprint density at radius 1 is 1.24 bits per heavy atom. The first-order chi connectivity index (χ1) is 10.2. The maximum Gasteiger partial charge on any atom is 0.230 e. The minimum atomic E-state index is -0.286. The van der Waals surface area contributed by atoms with E-state index in [0.29, 0.717) is 12.0 Å². The van der Waals surface area contributed by atoms with Gasteiger partial charge in [0.05, 0.1) is 5.41 Å². The summed E-state index contributed by atoms with van der Waals surface area (Å²) < 4.78 is 0. The first-order valence-corrected chi connectivity index (χ1v) is 8.29. The highest BCUT2D eigenvalue weighted by Gasteiger charge is 2.43. The van der Waals surface area contributed by atoms with E-state index in [4.69, 9.17) is 0 Å². The Balaban J connectivity index is 1.79. The normalized spacial score (nSPS) is 28.2. The minimum Gasteiger partial charge on any atom is -0.352 e. The Hall–Kier alpha value is -1.35. The SMILES string of the molecule is CC1CNCCC1NC(=O)C1(c2ccccc2)CCCC1. The van der Waals surface area contributed by atoms with Crippen molar-refractivity contribution in [3.8, 4) is 0 Å². The van der Waals surface area contributed by atoms with Crippen LogP contribution in [0.5, 0.6) is 0 Å². The van der Waals surface area contributed by atoms with E-state index >= 15 is 0 Å². The smallest absolute Gasteiger partial charge is 0.230 e. The van der Waals surface area contributed by atoms with Gasteiger partial charge in [-0.3, -0.25) is 4.79 Å².